The highest BCUT2D eigenvalue weighted by molar-refractivity contribution is 5.92. The maximum atomic E-state index is 13.1. The molecule has 0 aliphatic rings. The number of hydrogen-bond donors (Lipinski definition) is 1. The predicted octanol–water partition coefficient (Wildman–Crippen LogP) is 3.64. The molecule has 4 nitrogen and oxygen atoms in total. The molecule has 0 aliphatic carbocycles. The minimum atomic E-state index is -1.11. The number of aryl methyl sites for hydroxylation is 3. The van der Waals surface area contributed by atoms with Crippen molar-refractivity contribution in [2.24, 2.45) is 0 Å². The molecule has 0 amide bonds. The second-order valence-electron chi connectivity index (χ2n) is 4.58. The van der Waals surface area contributed by atoms with Crippen molar-refractivity contribution in [3.63, 3.8) is 0 Å². The van der Waals surface area contributed by atoms with Crippen LogP contribution < -0.4 is 4.74 Å². The van der Waals surface area contributed by atoms with Gasteiger partial charge in [-0.05, 0) is 56.2 Å². The second-order valence-corrected chi connectivity index (χ2v) is 4.58. The number of halogens is 1. The van der Waals surface area contributed by atoms with E-state index in [0.717, 1.165) is 0 Å². The van der Waals surface area contributed by atoms with E-state index in [4.69, 9.17) is 4.74 Å². The third-order valence-corrected chi connectivity index (χ3v) is 2.87. The van der Waals surface area contributed by atoms with Crippen molar-refractivity contribution in [2.75, 3.05) is 0 Å². The van der Waals surface area contributed by atoms with Crippen molar-refractivity contribution in [1.82, 2.24) is 4.98 Å². The highest BCUT2D eigenvalue weighted by atomic mass is 19.1. The maximum absolute atomic E-state index is 13.1. The van der Waals surface area contributed by atoms with Gasteiger partial charge in [-0.2, -0.15) is 0 Å². The van der Waals surface area contributed by atoms with E-state index in [1.165, 1.54) is 18.2 Å². The van der Waals surface area contributed by atoms with Crippen molar-refractivity contribution >= 4 is 5.97 Å². The lowest BCUT2D eigenvalue weighted by Gasteiger charge is -2.12. The van der Waals surface area contributed by atoms with Crippen LogP contribution in [-0.4, -0.2) is 16.1 Å². The van der Waals surface area contributed by atoms with E-state index in [-0.39, 0.29) is 17.3 Å². The molecule has 2 rings (SSSR count). The normalized spacial score (nSPS) is 10.4. The molecule has 1 aromatic carbocycles. The number of aromatic nitrogens is 1. The molecule has 104 valence electrons. The van der Waals surface area contributed by atoms with Crippen molar-refractivity contribution < 1.29 is 19.0 Å². The van der Waals surface area contributed by atoms with Crippen LogP contribution in [0.2, 0.25) is 0 Å². The zero-order valence-electron chi connectivity index (χ0n) is 11.4. The van der Waals surface area contributed by atoms with Gasteiger partial charge in [0.2, 0.25) is 5.88 Å². The molecule has 0 bridgehead atoms. The molecular formula is C15H14FNO3. The van der Waals surface area contributed by atoms with Crippen LogP contribution in [0.25, 0.3) is 0 Å². The first kappa shape index (κ1) is 14.0. The van der Waals surface area contributed by atoms with Crippen molar-refractivity contribution in [3.8, 4) is 11.6 Å². The van der Waals surface area contributed by atoms with Crippen LogP contribution in [0.4, 0.5) is 4.39 Å². The molecule has 0 saturated heterocycles. The first-order valence-corrected chi connectivity index (χ1v) is 6.04. The smallest absolute Gasteiger partial charge is 0.341 e. The summed E-state index contributed by atoms with van der Waals surface area (Å²) in [6.45, 7) is 5.12. The fourth-order valence-electron chi connectivity index (χ4n) is 1.97. The molecule has 0 saturated carbocycles. The van der Waals surface area contributed by atoms with E-state index >= 15 is 0 Å². The Morgan fingerprint density at radius 3 is 2.50 bits per heavy atom. The van der Waals surface area contributed by atoms with Gasteiger partial charge >= 0.3 is 5.97 Å². The number of carbonyl (C=O) groups is 1. The molecule has 5 heteroatoms. The Kier molecular flexibility index (Phi) is 3.70. The summed E-state index contributed by atoms with van der Waals surface area (Å²) < 4.78 is 18.6. The molecule has 20 heavy (non-hydrogen) atoms. The lowest BCUT2D eigenvalue weighted by Crippen LogP contribution is -2.06. The fourth-order valence-corrected chi connectivity index (χ4v) is 1.97. The molecular weight excluding hydrogens is 261 g/mol. The second kappa shape index (κ2) is 5.28. The van der Waals surface area contributed by atoms with E-state index in [0.29, 0.717) is 22.6 Å². The van der Waals surface area contributed by atoms with E-state index in [2.05, 4.69) is 4.98 Å². The van der Waals surface area contributed by atoms with Gasteiger partial charge in [0.1, 0.15) is 17.1 Å². The van der Waals surface area contributed by atoms with Gasteiger partial charge in [0.25, 0.3) is 0 Å². The van der Waals surface area contributed by atoms with Gasteiger partial charge in [-0.25, -0.2) is 14.2 Å². The van der Waals surface area contributed by atoms with Gasteiger partial charge in [-0.15, -0.1) is 0 Å². The lowest BCUT2D eigenvalue weighted by molar-refractivity contribution is 0.0692. The maximum Gasteiger partial charge on any atom is 0.341 e. The topological polar surface area (TPSA) is 59.4 Å². The number of rotatable bonds is 3. The van der Waals surface area contributed by atoms with Crippen LogP contribution in [0.5, 0.6) is 11.6 Å². The number of ether oxygens (including phenoxy) is 1. The van der Waals surface area contributed by atoms with Crippen molar-refractivity contribution in [3.05, 3.63) is 52.5 Å². The van der Waals surface area contributed by atoms with Crippen molar-refractivity contribution in [1.29, 1.82) is 0 Å². The first-order chi connectivity index (χ1) is 9.38. The Bertz CT molecular complexity index is 683. The standard InChI is InChI=1S/C15H14FNO3/c1-8-7-11(16)4-5-12(8)20-14-13(15(18)19)9(2)6-10(3)17-14/h4-7H,1-3H3,(H,18,19). The summed E-state index contributed by atoms with van der Waals surface area (Å²) in [6.07, 6.45) is 0. The third-order valence-electron chi connectivity index (χ3n) is 2.87. The summed E-state index contributed by atoms with van der Waals surface area (Å²) in [5.41, 5.74) is 1.81. The number of nitrogens with zero attached hydrogens (tertiary/aromatic N) is 1. The van der Waals surface area contributed by atoms with Gasteiger partial charge in [-0.3, -0.25) is 0 Å². The van der Waals surface area contributed by atoms with Crippen LogP contribution in [-0.2, 0) is 0 Å². The SMILES string of the molecule is Cc1cc(C)c(C(=O)O)c(Oc2ccc(F)cc2C)n1. The molecule has 1 heterocycles. The number of aromatic carboxylic acids is 1. The van der Waals surface area contributed by atoms with Gasteiger partial charge in [0, 0.05) is 5.69 Å². The molecule has 0 atom stereocenters. The predicted molar refractivity (Wildman–Crippen MR) is 71.9 cm³/mol. The molecule has 0 radical (unpaired) electrons. The summed E-state index contributed by atoms with van der Waals surface area (Å²) in [4.78, 5) is 15.4. The summed E-state index contributed by atoms with van der Waals surface area (Å²) in [5.74, 6) is -1.08. The molecule has 0 spiro atoms. The molecule has 1 aromatic heterocycles. The quantitative estimate of drug-likeness (QED) is 0.929. The zero-order valence-corrected chi connectivity index (χ0v) is 11.4. The van der Waals surface area contributed by atoms with E-state index in [1.54, 1.807) is 26.8 Å². The highest BCUT2D eigenvalue weighted by Gasteiger charge is 2.18. The lowest BCUT2D eigenvalue weighted by atomic mass is 10.1. The minimum absolute atomic E-state index is 0.0133. The third kappa shape index (κ3) is 2.77. The van der Waals surface area contributed by atoms with Crippen LogP contribution in [0.3, 0.4) is 0 Å². The minimum Gasteiger partial charge on any atom is -0.477 e. The van der Waals surface area contributed by atoms with E-state index in [9.17, 15) is 14.3 Å². The average Bonchev–Trinajstić information content (AvgIpc) is 2.31. The zero-order chi connectivity index (χ0) is 14.9. The Hall–Kier alpha value is -2.43. The number of carboxylic acids is 1. The first-order valence-electron chi connectivity index (χ1n) is 6.04. The number of benzene rings is 1. The largest absolute Gasteiger partial charge is 0.477 e. The van der Waals surface area contributed by atoms with Gasteiger partial charge < -0.3 is 9.84 Å². The van der Waals surface area contributed by atoms with Gasteiger partial charge in [-0.1, -0.05) is 0 Å². The van der Waals surface area contributed by atoms with Gasteiger partial charge in [0.05, 0.1) is 0 Å². The average molecular weight is 275 g/mol. The molecule has 0 unspecified atom stereocenters. The monoisotopic (exact) mass is 275 g/mol. The van der Waals surface area contributed by atoms with Crippen LogP contribution in [0.1, 0.15) is 27.2 Å². The highest BCUT2D eigenvalue weighted by Crippen LogP contribution is 2.28. The summed E-state index contributed by atoms with van der Waals surface area (Å²) in [6, 6.07) is 5.70. The Labute approximate surface area is 115 Å². The van der Waals surface area contributed by atoms with Crippen LogP contribution in [0.15, 0.2) is 24.3 Å². The van der Waals surface area contributed by atoms with E-state index < -0.39 is 5.97 Å². The number of pyridine rings is 1. The van der Waals surface area contributed by atoms with Crippen molar-refractivity contribution in [2.45, 2.75) is 20.8 Å². The summed E-state index contributed by atoms with van der Waals surface area (Å²) in [5, 5.41) is 9.25. The Balaban J connectivity index is 2.50. The van der Waals surface area contributed by atoms with E-state index in [1.807, 2.05) is 0 Å². The molecule has 0 fully saturated rings. The summed E-state index contributed by atoms with van der Waals surface area (Å²) in [7, 11) is 0. The molecule has 1 N–H and O–H groups in total. The Morgan fingerprint density at radius 1 is 1.20 bits per heavy atom. The molecule has 0 aliphatic heterocycles. The number of carboxylic acid groups (broad SMARTS) is 1. The molecule has 2 aromatic rings. The van der Waals surface area contributed by atoms with Crippen LogP contribution >= 0.6 is 0 Å². The fraction of sp³-hybridized carbons (Fsp3) is 0.200. The Morgan fingerprint density at radius 2 is 1.90 bits per heavy atom. The van der Waals surface area contributed by atoms with Gasteiger partial charge in [0.15, 0.2) is 0 Å². The van der Waals surface area contributed by atoms with Crippen LogP contribution in [0, 0.1) is 26.6 Å². The summed E-state index contributed by atoms with van der Waals surface area (Å²) >= 11 is 0. The number of hydrogen-bond acceptors (Lipinski definition) is 3.